The topological polar surface area (TPSA) is 0 Å². The minimum atomic E-state index is 0.0546. The van der Waals surface area contributed by atoms with Crippen molar-refractivity contribution in [2.45, 2.75) is 26.3 Å². The molecule has 1 aromatic rings. The van der Waals surface area contributed by atoms with Gasteiger partial charge in [-0.15, -0.1) is 0 Å². The number of benzene rings is 1. The Hall–Kier alpha value is 0.660. The van der Waals surface area contributed by atoms with E-state index in [1.54, 1.807) is 0 Å². The molecule has 0 unspecified atom stereocenters. The zero-order valence-electron chi connectivity index (χ0n) is 7.38. The van der Waals surface area contributed by atoms with Crippen LogP contribution in [0.3, 0.4) is 0 Å². The molecule has 1 saturated carbocycles. The zero-order valence-corrected chi connectivity index (χ0v) is 12.1. The van der Waals surface area contributed by atoms with E-state index >= 15 is 0 Å². The first-order valence-corrected chi connectivity index (χ1v) is 7.23. The van der Waals surface area contributed by atoms with Gasteiger partial charge in [-0.2, -0.15) is 0 Å². The normalized spacial score (nSPS) is 37.2. The lowest BCUT2D eigenvalue weighted by Crippen LogP contribution is -2.30. The van der Waals surface area contributed by atoms with Crippen molar-refractivity contribution in [2.24, 2.45) is 0 Å². The number of hydrogen-bond donors (Lipinski definition) is 0. The number of fused-ring (bicyclic) bond motifs is 5. The van der Waals surface area contributed by atoms with E-state index in [1.165, 1.54) is 17.5 Å². The summed E-state index contributed by atoms with van der Waals surface area (Å²) in [6, 6.07) is 8.81. The third-order valence-corrected chi connectivity index (χ3v) is 8.13. The predicted molar refractivity (Wildman–Crippen MR) is 69.8 cm³/mol. The smallest absolute Gasteiger partial charge is 0.0859 e. The van der Waals surface area contributed by atoms with Gasteiger partial charge in [0.15, 0.2) is 0 Å². The molecular formula is C11H9Br3. The second-order valence-corrected chi connectivity index (χ2v) is 8.77. The molecule has 74 valence electrons. The Labute approximate surface area is 109 Å². The summed E-state index contributed by atoms with van der Waals surface area (Å²) in [4.78, 5) is 0.495. The molecule has 0 N–H and O–H groups in total. The Morgan fingerprint density at radius 3 is 2.50 bits per heavy atom. The fourth-order valence-electron chi connectivity index (χ4n) is 2.78. The van der Waals surface area contributed by atoms with Crippen LogP contribution >= 0.6 is 47.8 Å². The Balaban J connectivity index is 2.19. The van der Waals surface area contributed by atoms with Crippen LogP contribution in [0, 0.1) is 0 Å². The average Bonchev–Trinajstić information content (AvgIpc) is 2.64. The molecule has 1 aromatic carbocycles. The third-order valence-electron chi connectivity index (χ3n) is 3.45. The van der Waals surface area contributed by atoms with E-state index in [0.717, 1.165) is 0 Å². The molecule has 0 aromatic heterocycles. The first kappa shape index (κ1) is 9.86. The summed E-state index contributed by atoms with van der Waals surface area (Å²) in [6.07, 6.45) is 1.26. The van der Waals surface area contributed by atoms with Gasteiger partial charge in [-0.3, -0.25) is 0 Å². The molecule has 0 heterocycles. The number of rotatable bonds is 0. The first-order chi connectivity index (χ1) is 6.62. The maximum absolute atomic E-state index is 3.80. The average molecular weight is 381 g/mol. The largest absolute Gasteiger partial charge is 0.100 e. The van der Waals surface area contributed by atoms with Crippen LogP contribution in [-0.2, 0) is 0 Å². The van der Waals surface area contributed by atoms with Crippen LogP contribution in [0.2, 0.25) is 0 Å². The van der Waals surface area contributed by atoms with Crippen molar-refractivity contribution < 1.29 is 0 Å². The maximum atomic E-state index is 3.80. The minimum Gasteiger partial charge on any atom is -0.0859 e. The molecule has 0 radical (unpaired) electrons. The standard InChI is InChI=1S/C11H9Br3/c12-10-8-5-9(11(10,13)14)7-4-2-1-3-6(7)8/h1-4,8-10H,5H2/t8-,9+,10-/m0/s1. The Bertz CT molecular complexity index is 386. The molecule has 0 nitrogen and oxygen atoms in total. The van der Waals surface area contributed by atoms with E-state index in [9.17, 15) is 0 Å². The van der Waals surface area contributed by atoms with Gasteiger partial charge in [0, 0.05) is 10.7 Å². The van der Waals surface area contributed by atoms with E-state index in [1.807, 2.05) is 0 Å². The lowest BCUT2D eigenvalue weighted by molar-refractivity contribution is 0.736. The molecular weight excluding hydrogens is 372 g/mol. The van der Waals surface area contributed by atoms with Gasteiger partial charge in [0.05, 0.1) is 0 Å². The summed E-state index contributed by atoms with van der Waals surface area (Å²) in [5.74, 6) is 1.27. The molecule has 3 rings (SSSR count). The monoisotopic (exact) mass is 378 g/mol. The van der Waals surface area contributed by atoms with Gasteiger partial charge in [-0.25, -0.2) is 0 Å². The van der Waals surface area contributed by atoms with Crippen molar-refractivity contribution in [3.63, 3.8) is 0 Å². The van der Waals surface area contributed by atoms with E-state index in [0.29, 0.717) is 16.7 Å². The Morgan fingerprint density at radius 1 is 1.14 bits per heavy atom. The molecule has 0 aliphatic heterocycles. The van der Waals surface area contributed by atoms with Crippen molar-refractivity contribution in [3.8, 4) is 0 Å². The first-order valence-electron chi connectivity index (χ1n) is 4.73. The summed E-state index contributed by atoms with van der Waals surface area (Å²) in [7, 11) is 0. The van der Waals surface area contributed by atoms with Crippen LogP contribution in [0.5, 0.6) is 0 Å². The van der Waals surface area contributed by atoms with Crippen LogP contribution in [0.25, 0.3) is 0 Å². The van der Waals surface area contributed by atoms with Crippen molar-refractivity contribution in [1.29, 1.82) is 0 Å². The quantitative estimate of drug-likeness (QED) is 0.580. The summed E-state index contributed by atoms with van der Waals surface area (Å²) in [6.45, 7) is 0. The minimum absolute atomic E-state index is 0.0546. The van der Waals surface area contributed by atoms with E-state index in [2.05, 4.69) is 72.1 Å². The summed E-state index contributed by atoms with van der Waals surface area (Å²) in [5, 5.41) is 0. The van der Waals surface area contributed by atoms with E-state index < -0.39 is 0 Å². The van der Waals surface area contributed by atoms with Gasteiger partial charge in [0.25, 0.3) is 0 Å². The van der Waals surface area contributed by atoms with Gasteiger partial charge in [-0.05, 0) is 23.5 Å². The fraction of sp³-hybridized carbons (Fsp3) is 0.455. The lowest BCUT2D eigenvalue weighted by atomic mass is 9.92. The number of halogens is 3. The van der Waals surface area contributed by atoms with Gasteiger partial charge >= 0.3 is 0 Å². The van der Waals surface area contributed by atoms with Crippen molar-refractivity contribution in [3.05, 3.63) is 35.4 Å². The molecule has 2 aliphatic carbocycles. The molecule has 0 spiro atoms. The maximum Gasteiger partial charge on any atom is 0.100 e. The van der Waals surface area contributed by atoms with Crippen LogP contribution in [0.4, 0.5) is 0 Å². The molecule has 0 amide bonds. The Morgan fingerprint density at radius 2 is 1.79 bits per heavy atom. The fourth-order valence-corrected chi connectivity index (χ4v) is 5.10. The van der Waals surface area contributed by atoms with Crippen molar-refractivity contribution >= 4 is 47.8 Å². The highest BCUT2D eigenvalue weighted by Crippen LogP contribution is 2.66. The van der Waals surface area contributed by atoms with Gasteiger partial charge in [0.2, 0.25) is 0 Å². The van der Waals surface area contributed by atoms with Gasteiger partial charge in [0.1, 0.15) is 3.23 Å². The molecule has 2 bridgehead atoms. The van der Waals surface area contributed by atoms with Crippen LogP contribution < -0.4 is 0 Å². The second kappa shape index (κ2) is 3.08. The van der Waals surface area contributed by atoms with Gasteiger partial charge in [-0.1, -0.05) is 72.1 Å². The molecule has 2 aliphatic rings. The van der Waals surface area contributed by atoms with Crippen molar-refractivity contribution in [1.82, 2.24) is 0 Å². The van der Waals surface area contributed by atoms with E-state index in [4.69, 9.17) is 0 Å². The predicted octanol–water partition coefficient (Wildman–Crippen LogP) is 4.52. The summed E-state index contributed by atoms with van der Waals surface area (Å²) < 4.78 is 0.0546. The van der Waals surface area contributed by atoms with Crippen LogP contribution in [-0.4, -0.2) is 8.06 Å². The van der Waals surface area contributed by atoms with Crippen LogP contribution in [0.15, 0.2) is 24.3 Å². The van der Waals surface area contributed by atoms with E-state index in [-0.39, 0.29) is 3.23 Å². The molecule has 14 heavy (non-hydrogen) atoms. The SMILES string of the molecule is Br[C@H]1[C@H]2C[C@H](c3ccccc32)C1(Br)Br. The highest BCUT2D eigenvalue weighted by molar-refractivity contribution is 9.26. The van der Waals surface area contributed by atoms with Crippen molar-refractivity contribution in [2.75, 3.05) is 0 Å². The molecule has 3 atom stereocenters. The highest BCUT2D eigenvalue weighted by Gasteiger charge is 2.57. The summed E-state index contributed by atoms with van der Waals surface area (Å²) >= 11 is 11.4. The second-order valence-electron chi connectivity index (χ2n) is 4.10. The summed E-state index contributed by atoms with van der Waals surface area (Å²) in [5.41, 5.74) is 3.05. The zero-order chi connectivity index (χ0) is 9.92. The number of hydrogen-bond acceptors (Lipinski definition) is 0. The third kappa shape index (κ3) is 1.09. The molecule has 0 saturated heterocycles. The molecule has 1 fully saturated rings. The highest BCUT2D eigenvalue weighted by atomic mass is 79.9. The van der Waals surface area contributed by atoms with Gasteiger partial charge < -0.3 is 0 Å². The molecule has 3 heteroatoms. The lowest BCUT2D eigenvalue weighted by Gasteiger charge is -2.32. The Kier molecular flexibility index (Phi) is 2.17. The van der Waals surface area contributed by atoms with Crippen LogP contribution in [0.1, 0.15) is 29.4 Å². The number of alkyl halides is 3.